The number of carboxylic acids is 1. The Morgan fingerprint density at radius 1 is 0.947 bits per heavy atom. The molecule has 428 valence electrons. The number of hydrogen-bond donors (Lipinski definition) is 5. The highest BCUT2D eigenvalue weighted by atomic mass is 16.7. The van der Waals surface area contributed by atoms with Crippen LogP contribution in [0.2, 0.25) is 0 Å². The molecule has 0 radical (unpaired) electrons. The summed E-state index contributed by atoms with van der Waals surface area (Å²) in [6, 6.07) is 4.66. The fourth-order valence-corrected chi connectivity index (χ4v) is 11.9. The summed E-state index contributed by atoms with van der Waals surface area (Å²) in [5.74, 6) is -3.98. The van der Waals surface area contributed by atoms with Crippen LogP contribution in [0.5, 0.6) is 0 Å². The van der Waals surface area contributed by atoms with E-state index in [1.807, 2.05) is 91.5 Å². The number of aliphatic hydroxyl groups excluding tert-OH is 2. The molecule has 0 amide bonds. The molecule has 3 aliphatic rings. The molecular weight excluding hydrogens is 971 g/mol. The van der Waals surface area contributed by atoms with Gasteiger partial charge in [0.05, 0.1) is 60.3 Å². The lowest BCUT2D eigenvalue weighted by Gasteiger charge is -2.49. The fraction of sp³-hybridized carbons (Fsp3) is 0.804. The molecule has 0 aliphatic carbocycles. The van der Waals surface area contributed by atoms with Gasteiger partial charge in [0.15, 0.2) is 12.6 Å². The van der Waals surface area contributed by atoms with Crippen LogP contribution < -0.4 is 5.43 Å². The van der Waals surface area contributed by atoms with Gasteiger partial charge in [-0.1, -0.05) is 26.8 Å². The Kier molecular flexibility index (Phi) is 21.9. The van der Waals surface area contributed by atoms with E-state index in [0.717, 1.165) is 5.56 Å². The van der Waals surface area contributed by atoms with Gasteiger partial charge in [-0.05, 0) is 139 Å². The third kappa shape index (κ3) is 14.8. The van der Waals surface area contributed by atoms with E-state index in [2.05, 4.69) is 0 Å². The highest BCUT2D eigenvalue weighted by Gasteiger charge is 2.53. The molecule has 19 heteroatoms. The number of rotatable bonds is 17. The van der Waals surface area contributed by atoms with Crippen molar-refractivity contribution in [2.75, 3.05) is 54.6 Å². The lowest BCUT2D eigenvalue weighted by Crippen LogP contribution is -2.61. The molecule has 0 spiro atoms. The average Bonchev–Trinajstić information content (AvgIpc) is 3.33. The predicted octanol–water partition coefficient (Wildman–Crippen LogP) is 5.17. The number of aromatic carboxylic acids is 1. The van der Waals surface area contributed by atoms with Crippen molar-refractivity contribution >= 4 is 22.8 Å². The minimum atomic E-state index is -1.84. The number of esters is 1. The molecule has 3 saturated heterocycles. The summed E-state index contributed by atoms with van der Waals surface area (Å²) in [5, 5.41) is 58.2. The van der Waals surface area contributed by atoms with Crippen LogP contribution in [0.25, 0.3) is 10.9 Å². The molecule has 0 saturated carbocycles. The number of likely N-dealkylation sites (N-methyl/N-ethyl adjacent to an activating group) is 2. The number of benzene rings is 1. The maximum atomic E-state index is 14.6. The standard InChI is InChI=1S/C56H93N3O16/c1-17-43-56(12,67)48(62)36(8)58(15)29-32(4)27-54(10,66)49(75-53-46(61)42(57(13)14)25-33(5)71-53)34(6)47(35(7)52(65)73-43)74-44-28-55(11,68-16)50(37(9)72-44)70-24-23-69-22-18-19-38-20-21-41-39(26-38)45(60)40(51(63)64)30-59(41)31(2)3/h20-21,26,30-37,42-44,46-50,53,61-62,66-67H,17-19,22-25,27-29H2,1-16H3,(H,63,64)/t32-,33-,34+,35-,36-,37+,42+,43-,44+,46-,47+,48-,49-,50+,53+,54-,55-,56-/m1/s1. The first-order valence-electron chi connectivity index (χ1n) is 27.1. The molecule has 18 atom stereocenters. The van der Waals surface area contributed by atoms with Crippen LogP contribution in [0.15, 0.2) is 29.2 Å². The number of carbonyl (C=O) groups is 2. The fourth-order valence-electron chi connectivity index (χ4n) is 11.9. The number of aromatic nitrogens is 1. The Labute approximate surface area is 445 Å². The van der Waals surface area contributed by atoms with E-state index >= 15 is 0 Å². The van der Waals surface area contributed by atoms with E-state index < -0.39 is 107 Å². The number of aliphatic hydroxyl groups is 4. The molecule has 75 heavy (non-hydrogen) atoms. The van der Waals surface area contributed by atoms with Crippen LogP contribution in [0, 0.1) is 17.8 Å². The van der Waals surface area contributed by atoms with Crippen LogP contribution in [-0.2, 0) is 49.1 Å². The topological polar surface area (TPSA) is 238 Å². The van der Waals surface area contributed by atoms with Gasteiger partial charge < -0.3 is 77.8 Å². The van der Waals surface area contributed by atoms with Gasteiger partial charge >= 0.3 is 11.9 Å². The largest absolute Gasteiger partial charge is 0.477 e. The molecule has 0 unspecified atom stereocenters. The number of aryl methyl sites for hydroxylation is 1. The van der Waals surface area contributed by atoms with Crippen molar-refractivity contribution in [3.05, 3.63) is 45.7 Å². The van der Waals surface area contributed by atoms with Crippen LogP contribution >= 0.6 is 0 Å². The van der Waals surface area contributed by atoms with Crippen molar-refractivity contribution < 1.29 is 73.0 Å². The molecule has 0 bridgehead atoms. The maximum absolute atomic E-state index is 14.6. The predicted molar refractivity (Wildman–Crippen MR) is 283 cm³/mol. The van der Waals surface area contributed by atoms with E-state index in [9.17, 15) is 39.9 Å². The molecule has 5 N–H and O–H groups in total. The Bertz CT molecular complexity index is 2240. The number of carboxylic acid groups (broad SMARTS) is 1. The van der Waals surface area contributed by atoms with Gasteiger partial charge in [-0.2, -0.15) is 0 Å². The monoisotopic (exact) mass is 1060 g/mol. The molecule has 1 aromatic carbocycles. The van der Waals surface area contributed by atoms with Gasteiger partial charge in [-0.3, -0.25) is 9.59 Å². The second-order valence-electron chi connectivity index (χ2n) is 23.3. The van der Waals surface area contributed by atoms with Gasteiger partial charge in [0.25, 0.3) is 0 Å². The van der Waals surface area contributed by atoms with Crippen molar-refractivity contribution in [1.29, 1.82) is 0 Å². The first-order chi connectivity index (χ1) is 35.0. The van der Waals surface area contributed by atoms with Gasteiger partial charge in [-0.25, -0.2) is 4.79 Å². The molecular formula is C56H93N3O16. The first-order valence-corrected chi connectivity index (χ1v) is 27.1. The summed E-state index contributed by atoms with van der Waals surface area (Å²) >= 11 is 0. The Morgan fingerprint density at radius 3 is 2.24 bits per heavy atom. The SMILES string of the molecule is CC[C@H]1OC(=O)[C@H](C)[C@@H](O[C@H]2C[C@@](C)(OC)[C@@H](OCCOCCCc3ccc4c(c3)c(=O)c(C(=O)O)cn4C(C)C)[C@H](C)O2)[C@H](C)[C@@H](O[C@@H]2O[C@H](C)C[C@H](N(C)C)[C@H]2O)[C@](C)(O)C[C@@H](C)CN(C)[C@H](C)[C@@H](O)[C@]1(C)O. The number of cyclic esters (lactones) is 1. The van der Waals surface area contributed by atoms with Gasteiger partial charge in [-0.15, -0.1) is 0 Å². The maximum Gasteiger partial charge on any atom is 0.341 e. The van der Waals surface area contributed by atoms with Crippen LogP contribution in [0.1, 0.15) is 137 Å². The normalized spacial score (nSPS) is 38.1. The number of fused-ring (bicyclic) bond motifs is 1. The molecule has 1 aromatic heterocycles. The minimum absolute atomic E-state index is 0.0420. The van der Waals surface area contributed by atoms with Gasteiger partial charge in [0.2, 0.25) is 5.43 Å². The lowest BCUT2D eigenvalue weighted by atomic mass is 9.77. The van der Waals surface area contributed by atoms with Crippen molar-refractivity contribution in [3.63, 3.8) is 0 Å². The van der Waals surface area contributed by atoms with Crippen molar-refractivity contribution in [1.82, 2.24) is 14.4 Å². The number of ether oxygens (including phenoxy) is 8. The quantitative estimate of drug-likeness (QED) is 0.102. The minimum Gasteiger partial charge on any atom is -0.477 e. The zero-order chi connectivity index (χ0) is 56.1. The summed E-state index contributed by atoms with van der Waals surface area (Å²) in [6.07, 6.45) is -5.42. The summed E-state index contributed by atoms with van der Waals surface area (Å²) in [6.45, 7) is 23.1. The zero-order valence-electron chi connectivity index (χ0n) is 47.7. The summed E-state index contributed by atoms with van der Waals surface area (Å²) in [7, 11) is 7.20. The Balaban J connectivity index is 1.35. The van der Waals surface area contributed by atoms with E-state index in [-0.39, 0.29) is 62.1 Å². The summed E-state index contributed by atoms with van der Waals surface area (Å²) < 4.78 is 53.2. The number of hydrogen-bond acceptors (Lipinski definition) is 17. The summed E-state index contributed by atoms with van der Waals surface area (Å²) in [5.41, 5.74) is -3.60. The van der Waals surface area contributed by atoms with E-state index in [1.54, 1.807) is 45.4 Å². The van der Waals surface area contributed by atoms with Crippen molar-refractivity contribution in [3.8, 4) is 0 Å². The number of methoxy groups -OCH3 is 1. The van der Waals surface area contributed by atoms with Crippen LogP contribution in [0.4, 0.5) is 0 Å². The number of carbonyl (C=O) groups excluding carboxylic acids is 1. The smallest absolute Gasteiger partial charge is 0.341 e. The van der Waals surface area contributed by atoms with Crippen LogP contribution in [-0.4, -0.2) is 197 Å². The van der Waals surface area contributed by atoms with Crippen LogP contribution in [0.3, 0.4) is 0 Å². The Hall–Kier alpha value is -3.15. The third-order valence-corrected chi connectivity index (χ3v) is 16.3. The molecule has 19 nitrogen and oxygen atoms in total. The molecule has 3 fully saturated rings. The third-order valence-electron chi connectivity index (χ3n) is 16.3. The molecule has 5 rings (SSSR count). The molecule has 2 aromatic rings. The molecule has 3 aliphatic heterocycles. The average molecular weight is 1060 g/mol. The van der Waals surface area contributed by atoms with Gasteiger partial charge in [0.1, 0.15) is 35.6 Å². The number of nitrogens with zero attached hydrogens (tertiary/aromatic N) is 3. The lowest BCUT2D eigenvalue weighted by molar-refractivity contribution is -0.321. The first kappa shape index (κ1) is 62.7. The highest BCUT2D eigenvalue weighted by Crippen LogP contribution is 2.41. The number of pyridine rings is 1. The highest BCUT2D eigenvalue weighted by molar-refractivity contribution is 5.92. The summed E-state index contributed by atoms with van der Waals surface area (Å²) in [4.78, 5) is 43.4. The Morgan fingerprint density at radius 2 is 1.63 bits per heavy atom. The van der Waals surface area contributed by atoms with Crippen molar-refractivity contribution in [2.24, 2.45) is 17.8 Å². The second-order valence-corrected chi connectivity index (χ2v) is 23.3. The molecule has 4 heterocycles. The van der Waals surface area contributed by atoms with Gasteiger partial charge in [0, 0.05) is 62.3 Å². The van der Waals surface area contributed by atoms with E-state index in [0.29, 0.717) is 43.3 Å². The van der Waals surface area contributed by atoms with E-state index in [4.69, 9.17) is 37.9 Å². The van der Waals surface area contributed by atoms with Crippen molar-refractivity contribution in [2.45, 2.75) is 218 Å². The van der Waals surface area contributed by atoms with E-state index in [1.165, 1.54) is 13.1 Å². The second kappa shape index (κ2) is 26.2. The zero-order valence-corrected chi connectivity index (χ0v) is 47.7.